The molecule has 0 aliphatic rings. The van der Waals surface area contributed by atoms with Crippen LogP contribution < -0.4 is 10.6 Å². The molecule has 0 aliphatic heterocycles. The maximum absolute atomic E-state index is 4.33. The van der Waals surface area contributed by atoms with Crippen LogP contribution in [-0.4, -0.2) is 50.1 Å². The molecule has 0 radical (unpaired) electrons. The maximum Gasteiger partial charge on any atom is 0.191 e. The van der Waals surface area contributed by atoms with Gasteiger partial charge in [-0.3, -0.25) is 4.99 Å². The van der Waals surface area contributed by atoms with Gasteiger partial charge >= 0.3 is 0 Å². The molecule has 4 nitrogen and oxygen atoms in total. The molecule has 25 heavy (non-hydrogen) atoms. The van der Waals surface area contributed by atoms with Crippen molar-refractivity contribution in [1.29, 1.82) is 0 Å². The molecule has 1 unspecified atom stereocenters. The number of nitrogens with zero attached hydrogens (tertiary/aromatic N) is 2. The lowest BCUT2D eigenvalue weighted by Crippen LogP contribution is -2.42. The summed E-state index contributed by atoms with van der Waals surface area (Å²) in [7, 11) is 1.84. The van der Waals surface area contributed by atoms with E-state index in [9.17, 15) is 0 Å². The van der Waals surface area contributed by atoms with E-state index in [1.165, 1.54) is 24.9 Å². The van der Waals surface area contributed by atoms with Crippen molar-refractivity contribution >= 4 is 29.9 Å². The molecule has 0 aromatic heterocycles. The van der Waals surface area contributed by atoms with Crippen LogP contribution in [0.1, 0.15) is 45.6 Å². The Balaban J connectivity index is 0.00000576. The highest BCUT2D eigenvalue weighted by atomic mass is 127. The van der Waals surface area contributed by atoms with Gasteiger partial charge in [0.05, 0.1) is 0 Å². The summed E-state index contributed by atoms with van der Waals surface area (Å²) in [5.41, 5.74) is 1.39. The van der Waals surface area contributed by atoms with Crippen LogP contribution in [0.5, 0.6) is 0 Å². The second-order valence-electron chi connectivity index (χ2n) is 6.30. The second-order valence-corrected chi connectivity index (χ2v) is 6.30. The summed E-state index contributed by atoms with van der Waals surface area (Å²) in [6.07, 6.45) is 4.60. The van der Waals surface area contributed by atoms with Crippen LogP contribution in [0.4, 0.5) is 0 Å². The first-order valence-electron chi connectivity index (χ1n) is 9.43. The van der Waals surface area contributed by atoms with Gasteiger partial charge in [0.1, 0.15) is 0 Å². The molecule has 1 aromatic carbocycles. The van der Waals surface area contributed by atoms with E-state index >= 15 is 0 Å². The second kappa shape index (κ2) is 15.4. The number of hydrogen-bond donors (Lipinski definition) is 2. The molecule has 1 aromatic rings. The van der Waals surface area contributed by atoms with Crippen LogP contribution >= 0.6 is 24.0 Å². The lowest BCUT2D eigenvalue weighted by Gasteiger charge is -2.19. The monoisotopic (exact) mass is 460 g/mol. The summed E-state index contributed by atoms with van der Waals surface area (Å²) < 4.78 is 0. The number of benzene rings is 1. The van der Waals surface area contributed by atoms with E-state index in [1.807, 2.05) is 7.05 Å². The Morgan fingerprint density at radius 1 is 1.12 bits per heavy atom. The number of halogens is 1. The third kappa shape index (κ3) is 11.4. The Morgan fingerprint density at radius 2 is 1.80 bits per heavy atom. The van der Waals surface area contributed by atoms with Crippen LogP contribution in [0.2, 0.25) is 0 Å². The van der Waals surface area contributed by atoms with Gasteiger partial charge in [-0.1, -0.05) is 44.2 Å². The van der Waals surface area contributed by atoms with Crippen molar-refractivity contribution in [3.8, 4) is 0 Å². The number of guanidine groups is 1. The number of rotatable bonds is 11. The van der Waals surface area contributed by atoms with Gasteiger partial charge in [0, 0.05) is 19.6 Å². The molecule has 0 saturated heterocycles. The number of aryl methyl sites for hydroxylation is 1. The molecular weight excluding hydrogens is 423 g/mol. The summed E-state index contributed by atoms with van der Waals surface area (Å²) >= 11 is 0. The van der Waals surface area contributed by atoms with E-state index in [1.54, 1.807) is 0 Å². The summed E-state index contributed by atoms with van der Waals surface area (Å²) in [6, 6.07) is 11.1. The van der Waals surface area contributed by atoms with Crippen molar-refractivity contribution in [3.63, 3.8) is 0 Å². The molecule has 144 valence electrons. The highest BCUT2D eigenvalue weighted by Gasteiger charge is 2.05. The SMILES string of the molecule is CCN(CC)CCCCNC(=NC)NC(C)CCc1ccccc1.I. The van der Waals surface area contributed by atoms with Crippen molar-refractivity contribution in [2.75, 3.05) is 33.2 Å². The molecule has 2 N–H and O–H groups in total. The van der Waals surface area contributed by atoms with Crippen LogP contribution in [0.25, 0.3) is 0 Å². The number of hydrogen-bond acceptors (Lipinski definition) is 2. The van der Waals surface area contributed by atoms with Crippen molar-refractivity contribution in [2.45, 2.75) is 52.5 Å². The van der Waals surface area contributed by atoms with Crippen LogP contribution in [0.15, 0.2) is 35.3 Å². The molecule has 1 rings (SSSR count). The summed E-state index contributed by atoms with van der Waals surface area (Å²) in [5.74, 6) is 0.915. The third-order valence-corrected chi connectivity index (χ3v) is 4.40. The zero-order valence-corrected chi connectivity index (χ0v) is 18.8. The fourth-order valence-electron chi connectivity index (χ4n) is 2.74. The number of nitrogens with one attached hydrogen (secondary N) is 2. The number of unbranched alkanes of at least 4 members (excludes halogenated alkanes) is 1. The lowest BCUT2D eigenvalue weighted by molar-refractivity contribution is 0.297. The summed E-state index contributed by atoms with van der Waals surface area (Å²) in [5, 5.41) is 6.92. The first kappa shape index (κ1) is 24.2. The van der Waals surface area contributed by atoms with Crippen LogP contribution in [0, 0.1) is 0 Å². The Labute approximate surface area is 171 Å². The smallest absolute Gasteiger partial charge is 0.191 e. The first-order valence-corrected chi connectivity index (χ1v) is 9.43. The Hall–Kier alpha value is -0.820. The number of aliphatic imine (C=N–C) groups is 1. The normalized spacial score (nSPS) is 12.6. The van der Waals surface area contributed by atoms with E-state index in [0.29, 0.717) is 6.04 Å². The van der Waals surface area contributed by atoms with Gasteiger partial charge in [0.25, 0.3) is 0 Å². The molecule has 0 fully saturated rings. The van der Waals surface area contributed by atoms with Gasteiger partial charge in [0.2, 0.25) is 0 Å². The van der Waals surface area contributed by atoms with E-state index in [2.05, 4.69) is 71.6 Å². The molecule has 0 bridgehead atoms. The molecule has 0 aliphatic carbocycles. The minimum absolute atomic E-state index is 0. The standard InChI is InChI=1S/C20H36N4.HI/c1-5-24(6-2)17-11-10-16-22-20(21-4)23-18(3)14-15-19-12-8-7-9-13-19;/h7-9,12-13,18H,5-6,10-11,14-17H2,1-4H3,(H2,21,22,23);1H. The quantitative estimate of drug-likeness (QED) is 0.228. The Morgan fingerprint density at radius 3 is 2.40 bits per heavy atom. The predicted octanol–water partition coefficient (Wildman–Crippen LogP) is 3.91. The van der Waals surface area contributed by atoms with Crippen LogP contribution in [0.3, 0.4) is 0 Å². The van der Waals surface area contributed by atoms with E-state index < -0.39 is 0 Å². The zero-order valence-electron chi connectivity index (χ0n) is 16.4. The molecule has 0 spiro atoms. The van der Waals surface area contributed by atoms with Crippen molar-refractivity contribution < 1.29 is 0 Å². The molecule has 0 amide bonds. The van der Waals surface area contributed by atoms with Crippen molar-refractivity contribution in [3.05, 3.63) is 35.9 Å². The molecule has 0 saturated carbocycles. The Bertz CT molecular complexity index is 446. The fraction of sp³-hybridized carbons (Fsp3) is 0.650. The van der Waals surface area contributed by atoms with Gasteiger partial charge in [-0.25, -0.2) is 0 Å². The van der Waals surface area contributed by atoms with E-state index in [0.717, 1.165) is 38.4 Å². The zero-order chi connectivity index (χ0) is 17.6. The van der Waals surface area contributed by atoms with Gasteiger partial charge in [-0.15, -0.1) is 24.0 Å². The molecule has 0 heterocycles. The van der Waals surface area contributed by atoms with Crippen molar-refractivity contribution in [1.82, 2.24) is 15.5 Å². The largest absolute Gasteiger partial charge is 0.356 e. The topological polar surface area (TPSA) is 39.7 Å². The fourth-order valence-corrected chi connectivity index (χ4v) is 2.74. The molecule has 5 heteroatoms. The van der Waals surface area contributed by atoms with Gasteiger partial charge < -0.3 is 15.5 Å². The van der Waals surface area contributed by atoms with Gasteiger partial charge in [-0.2, -0.15) is 0 Å². The van der Waals surface area contributed by atoms with Gasteiger partial charge in [0.15, 0.2) is 5.96 Å². The van der Waals surface area contributed by atoms with E-state index in [4.69, 9.17) is 0 Å². The molecule has 1 atom stereocenters. The highest BCUT2D eigenvalue weighted by molar-refractivity contribution is 14.0. The summed E-state index contributed by atoms with van der Waals surface area (Å²) in [6.45, 7) is 11.1. The summed E-state index contributed by atoms with van der Waals surface area (Å²) in [4.78, 5) is 6.80. The minimum Gasteiger partial charge on any atom is -0.356 e. The lowest BCUT2D eigenvalue weighted by atomic mass is 10.1. The van der Waals surface area contributed by atoms with Crippen molar-refractivity contribution in [2.24, 2.45) is 4.99 Å². The van der Waals surface area contributed by atoms with Gasteiger partial charge in [-0.05, 0) is 57.8 Å². The van der Waals surface area contributed by atoms with Crippen LogP contribution in [-0.2, 0) is 6.42 Å². The first-order chi connectivity index (χ1) is 11.7. The maximum atomic E-state index is 4.33. The minimum atomic E-state index is 0. The Kier molecular flexibility index (Phi) is 14.9. The third-order valence-electron chi connectivity index (χ3n) is 4.40. The molecular formula is C20H37IN4. The van der Waals surface area contributed by atoms with E-state index in [-0.39, 0.29) is 24.0 Å². The average Bonchev–Trinajstić information content (AvgIpc) is 2.62. The highest BCUT2D eigenvalue weighted by Crippen LogP contribution is 2.04. The average molecular weight is 460 g/mol. The predicted molar refractivity (Wildman–Crippen MR) is 121 cm³/mol.